The van der Waals surface area contributed by atoms with Crippen LogP contribution in [0.2, 0.25) is 0 Å². The predicted octanol–water partition coefficient (Wildman–Crippen LogP) is 1.62. The van der Waals surface area contributed by atoms with Crippen molar-refractivity contribution in [2.45, 2.75) is 6.42 Å². The number of rotatable bonds is 0. The van der Waals surface area contributed by atoms with Gasteiger partial charge in [0, 0.05) is 31.1 Å². The summed E-state index contributed by atoms with van der Waals surface area (Å²) in [5, 5.41) is 0. The minimum absolute atomic E-state index is 0.00595. The summed E-state index contributed by atoms with van der Waals surface area (Å²) < 4.78 is 5.57. The molecule has 1 aliphatic rings. The molecule has 0 aromatic carbocycles. The van der Waals surface area contributed by atoms with Crippen molar-refractivity contribution >= 4 is 11.7 Å². The van der Waals surface area contributed by atoms with Crippen LogP contribution in [-0.4, -0.2) is 29.5 Å². The maximum absolute atomic E-state index is 11.7. The van der Waals surface area contributed by atoms with Crippen LogP contribution in [0.4, 0.5) is 5.82 Å². The Morgan fingerprint density at radius 1 is 1.29 bits per heavy atom. The van der Waals surface area contributed by atoms with Gasteiger partial charge in [-0.15, -0.1) is 0 Å². The number of ether oxygens (including phenoxy) is 1. The van der Waals surface area contributed by atoms with Crippen molar-refractivity contribution < 1.29 is 9.53 Å². The quantitative estimate of drug-likeness (QED) is 0.688. The molecule has 5 nitrogen and oxygen atoms in total. The van der Waals surface area contributed by atoms with E-state index in [0.29, 0.717) is 30.3 Å². The lowest BCUT2D eigenvalue weighted by Gasteiger charge is -2.14. The summed E-state index contributed by atoms with van der Waals surface area (Å²) in [4.78, 5) is 21.7. The van der Waals surface area contributed by atoms with Crippen LogP contribution in [0.5, 0.6) is 5.75 Å². The molecule has 0 fully saturated rings. The van der Waals surface area contributed by atoms with Crippen LogP contribution in [0.3, 0.4) is 0 Å². The van der Waals surface area contributed by atoms with Gasteiger partial charge in [-0.1, -0.05) is 12.0 Å². The molecule has 3 rings (SSSR count). The second-order valence-corrected chi connectivity index (χ2v) is 4.56. The number of fused-ring (bicyclic) bond motifs is 1. The summed E-state index contributed by atoms with van der Waals surface area (Å²) >= 11 is 0. The highest BCUT2D eigenvalue weighted by Gasteiger charge is 2.21. The van der Waals surface area contributed by atoms with Gasteiger partial charge in [0.2, 0.25) is 5.91 Å². The standard InChI is InChI=1S/C16H13N3O2/c1-19-15(20)7-9-21-14-10-12(11-18-16(14)19)5-6-13-4-2-3-8-17-13/h2-4,8,10-11H,7,9H2,1H3. The van der Waals surface area contributed by atoms with Crippen LogP contribution in [0.1, 0.15) is 17.7 Å². The van der Waals surface area contributed by atoms with Crippen LogP contribution in [-0.2, 0) is 4.79 Å². The van der Waals surface area contributed by atoms with Crippen LogP contribution in [0, 0.1) is 11.8 Å². The van der Waals surface area contributed by atoms with E-state index in [1.54, 1.807) is 25.5 Å². The van der Waals surface area contributed by atoms with Crippen molar-refractivity contribution in [3.8, 4) is 17.6 Å². The molecule has 104 valence electrons. The van der Waals surface area contributed by atoms with E-state index < -0.39 is 0 Å². The SMILES string of the molecule is CN1C(=O)CCOc2cc(C#Cc3ccccn3)cnc21. The first kappa shape index (κ1) is 13.1. The van der Waals surface area contributed by atoms with Crippen molar-refractivity contribution in [2.24, 2.45) is 0 Å². The molecule has 2 aromatic heterocycles. The minimum Gasteiger partial charge on any atom is -0.489 e. The molecule has 0 saturated carbocycles. The number of nitrogens with zero attached hydrogens (tertiary/aromatic N) is 3. The smallest absolute Gasteiger partial charge is 0.231 e. The van der Waals surface area contributed by atoms with E-state index in [0.717, 1.165) is 5.56 Å². The number of amides is 1. The average molecular weight is 279 g/mol. The Balaban J connectivity index is 1.92. The van der Waals surface area contributed by atoms with Crippen LogP contribution in [0.25, 0.3) is 0 Å². The summed E-state index contributed by atoms with van der Waals surface area (Å²) in [6.45, 7) is 0.356. The van der Waals surface area contributed by atoms with E-state index in [-0.39, 0.29) is 5.91 Å². The van der Waals surface area contributed by atoms with Gasteiger partial charge in [0.1, 0.15) is 5.69 Å². The van der Waals surface area contributed by atoms with Gasteiger partial charge in [0.05, 0.1) is 13.0 Å². The van der Waals surface area contributed by atoms with E-state index in [4.69, 9.17) is 4.74 Å². The molecule has 0 radical (unpaired) electrons. The first-order valence-electron chi connectivity index (χ1n) is 6.56. The second-order valence-electron chi connectivity index (χ2n) is 4.56. The summed E-state index contributed by atoms with van der Waals surface area (Å²) in [6, 6.07) is 7.37. The highest BCUT2D eigenvalue weighted by atomic mass is 16.5. The number of carbonyl (C=O) groups excluding carboxylic acids is 1. The van der Waals surface area contributed by atoms with Gasteiger partial charge < -0.3 is 4.74 Å². The molecule has 2 aromatic rings. The Bertz CT molecular complexity index is 732. The third kappa shape index (κ3) is 2.84. The molecule has 0 spiro atoms. The average Bonchev–Trinajstić information content (AvgIpc) is 2.66. The van der Waals surface area contributed by atoms with E-state index in [1.807, 2.05) is 18.2 Å². The normalized spacial score (nSPS) is 13.6. The van der Waals surface area contributed by atoms with Crippen LogP contribution in [0.15, 0.2) is 36.7 Å². The van der Waals surface area contributed by atoms with Gasteiger partial charge in [0.25, 0.3) is 0 Å². The third-order valence-electron chi connectivity index (χ3n) is 3.10. The Hall–Kier alpha value is -2.87. The molecule has 0 atom stereocenters. The second kappa shape index (κ2) is 5.63. The van der Waals surface area contributed by atoms with E-state index in [1.165, 1.54) is 4.90 Å². The number of hydrogen-bond acceptors (Lipinski definition) is 4. The number of hydrogen-bond donors (Lipinski definition) is 0. The van der Waals surface area contributed by atoms with Gasteiger partial charge >= 0.3 is 0 Å². The van der Waals surface area contributed by atoms with Gasteiger partial charge in [-0.25, -0.2) is 9.97 Å². The minimum atomic E-state index is -0.00595. The maximum Gasteiger partial charge on any atom is 0.231 e. The number of pyridine rings is 2. The van der Waals surface area contributed by atoms with E-state index in [9.17, 15) is 4.79 Å². The molecule has 21 heavy (non-hydrogen) atoms. The Morgan fingerprint density at radius 3 is 3.00 bits per heavy atom. The largest absolute Gasteiger partial charge is 0.489 e. The molecule has 1 amide bonds. The highest BCUT2D eigenvalue weighted by Crippen LogP contribution is 2.28. The van der Waals surface area contributed by atoms with E-state index in [2.05, 4.69) is 21.8 Å². The summed E-state index contributed by atoms with van der Waals surface area (Å²) in [6.07, 6.45) is 3.68. The topological polar surface area (TPSA) is 55.3 Å². The lowest BCUT2D eigenvalue weighted by atomic mass is 10.2. The Morgan fingerprint density at radius 2 is 2.19 bits per heavy atom. The van der Waals surface area contributed by atoms with Crippen LogP contribution < -0.4 is 9.64 Å². The third-order valence-corrected chi connectivity index (χ3v) is 3.10. The molecule has 0 N–H and O–H groups in total. The first-order chi connectivity index (χ1) is 10.2. The zero-order chi connectivity index (χ0) is 14.7. The number of anilines is 1. The molecule has 0 saturated heterocycles. The van der Waals surface area contributed by atoms with Gasteiger partial charge in [-0.2, -0.15) is 0 Å². The maximum atomic E-state index is 11.7. The molecular formula is C16H13N3O2. The molecule has 1 aliphatic heterocycles. The fourth-order valence-corrected chi connectivity index (χ4v) is 1.97. The van der Waals surface area contributed by atoms with Gasteiger partial charge in [-0.05, 0) is 18.1 Å². The summed E-state index contributed by atoms with van der Waals surface area (Å²) in [5.74, 6) is 7.07. The molecular weight excluding hydrogens is 266 g/mol. The van der Waals surface area contributed by atoms with Crippen molar-refractivity contribution in [1.29, 1.82) is 0 Å². The van der Waals surface area contributed by atoms with Gasteiger partial charge in [0.15, 0.2) is 11.6 Å². The zero-order valence-electron chi connectivity index (χ0n) is 11.5. The fourth-order valence-electron chi connectivity index (χ4n) is 1.97. The lowest BCUT2D eigenvalue weighted by Crippen LogP contribution is -2.25. The molecule has 0 unspecified atom stereocenters. The zero-order valence-corrected chi connectivity index (χ0v) is 11.5. The molecule has 0 bridgehead atoms. The molecule has 0 aliphatic carbocycles. The fraction of sp³-hybridized carbons (Fsp3) is 0.188. The van der Waals surface area contributed by atoms with Crippen molar-refractivity contribution in [2.75, 3.05) is 18.6 Å². The summed E-state index contributed by atoms with van der Waals surface area (Å²) in [7, 11) is 1.70. The lowest BCUT2D eigenvalue weighted by molar-refractivity contribution is -0.118. The molecule has 5 heteroatoms. The van der Waals surface area contributed by atoms with Crippen molar-refractivity contribution in [1.82, 2.24) is 9.97 Å². The van der Waals surface area contributed by atoms with E-state index >= 15 is 0 Å². The predicted molar refractivity (Wildman–Crippen MR) is 78.0 cm³/mol. The first-order valence-corrected chi connectivity index (χ1v) is 6.56. The van der Waals surface area contributed by atoms with Crippen molar-refractivity contribution in [3.63, 3.8) is 0 Å². The van der Waals surface area contributed by atoms with Crippen molar-refractivity contribution in [3.05, 3.63) is 47.9 Å². The van der Waals surface area contributed by atoms with Crippen LogP contribution >= 0.6 is 0 Å². The molecule has 3 heterocycles. The highest BCUT2D eigenvalue weighted by molar-refractivity contribution is 5.93. The summed E-state index contributed by atoms with van der Waals surface area (Å²) in [5.41, 5.74) is 1.42. The van der Waals surface area contributed by atoms with Gasteiger partial charge in [-0.3, -0.25) is 9.69 Å². The Kier molecular flexibility index (Phi) is 3.52. The Labute approximate surface area is 122 Å². The monoisotopic (exact) mass is 279 g/mol. The number of carbonyl (C=O) groups is 1. The number of aromatic nitrogens is 2.